The monoisotopic (exact) mass is 287 g/mol. The van der Waals surface area contributed by atoms with E-state index in [1.54, 1.807) is 0 Å². The van der Waals surface area contributed by atoms with Crippen LogP contribution in [0.5, 0.6) is 0 Å². The summed E-state index contributed by atoms with van der Waals surface area (Å²) in [6.45, 7) is 1.72. The fourth-order valence-electron chi connectivity index (χ4n) is 3.59. The zero-order chi connectivity index (χ0) is 14.9. The van der Waals surface area contributed by atoms with Gasteiger partial charge in [0.15, 0.2) is 0 Å². The Morgan fingerprint density at radius 2 is 2.10 bits per heavy atom. The molecule has 1 amide bonds. The molecular formula is C17H25N3O. The number of benzene rings is 1. The number of anilines is 1. The quantitative estimate of drug-likeness (QED) is 0.893. The molecule has 0 aromatic heterocycles. The van der Waals surface area contributed by atoms with Crippen LogP contribution in [0.15, 0.2) is 18.2 Å². The number of carbonyl (C=O) groups is 1. The highest BCUT2D eigenvalue weighted by atomic mass is 16.1. The third kappa shape index (κ3) is 2.77. The number of nitrogens with one attached hydrogen (secondary N) is 2. The molecule has 114 valence electrons. The lowest BCUT2D eigenvalue weighted by atomic mass is 9.96. The second-order valence-electron chi connectivity index (χ2n) is 6.56. The highest BCUT2D eigenvalue weighted by Crippen LogP contribution is 2.33. The maximum absolute atomic E-state index is 12.4. The zero-order valence-corrected chi connectivity index (χ0v) is 13.0. The van der Waals surface area contributed by atoms with Crippen LogP contribution in [0.1, 0.15) is 41.6 Å². The molecule has 0 radical (unpaired) electrons. The molecule has 0 unspecified atom stereocenters. The molecule has 0 atom stereocenters. The van der Waals surface area contributed by atoms with Crippen molar-refractivity contribution in [3.05, 3.63) is 29.3 Å². The molecule has 0 bridgehead atoms. The number of rotatable bonds is 4. The lowest BCUT2D eigenvalue weighted by Crippen LogP contribution is -2.50. The van der Waals surface area contributed by atoms with E-state index in [2.05, 4.69) is 35.7 Å². The largest absolute Gasteiger partial charge is 0.384 e. The highest BCUT2D eigenvalue weighted by Gasteiger charge is 2.36. The van der Waals surface area contributed by atoms with Crippen molar-refractivity contribution in [2.45, 2.75) is 37.6 Å². The van der Waals surface area contributed by atoms with Gasteiger partial charge in [0.1, 0.15) is 0 Å². The second-order valence-corrected chi connectivity index (χ2v) is 6.56. The van der Waals surface area contributed by atoms with Crippen LogP contribution in [-0.4, -0.2) is 43.5 Å². The number of likely N-dealkylation sites (N-methyl/N-ethyl adjacent to an activating group) is 1. The van der Waals surface area contributed by atoms with E-state index < -0.39 is 0 Å². The molecule has 1 aliphatic carbocycles. The first-order valence-corrected chi connectivity index (χ1v) is 7.93. The van der Waals surface area contributed by atoms with Crippen LogP contribution in [0.25, 0.3) is 0 Å². The van der Waals surface area contributed by atoms with Crippen LogP contribution in [-0.2, 0) is 6.42 Å². The molecule has 0 saturated heterocycles. The van der Waals surface area contributed by atoms with E-state index in [1.807, 2.05) is 12.1 Å². The summed E-state index contributed by atoms with van der Waals surface area (Å²) < 4.78 is 0. The summed E-state index contributed by atoms with van der Waals surface area (Å²) in [5.41, 5.74) is 3.33. The molecule has 1 aromatic rings. The molecule has 1 aromatic carbocycles. The van der Waals surface area contributed by atoms with Gasteiger partial charge in [-0.3, -0.25) is 4.79 Å². The van der Waals surface area contributed by atoms with Crippen molar-refractivity contribution < 1.29 is 4.79 Å². The summed E-state index contributed by atoms with van der Waals surface area (Å²) >= 11 is 0. The van der Waals surface area contributed by atoms with Gasteiger partial charge in [-0.2, -0.15) is 0 Å². The first kappa shape index (κ1) is 14.4. The minimum Gasteiger partial charge on any atom is -0.384 e. The number of nitrogens with zero attached hydrogens (tertiary/aromatic N) is 1. The van der Waals surface area contributed by atoms with Gasteiger partial charge in [0, 0.05) is 29.9 Å². The average molecular weight is 287 g/mol. The minimum absolute atomic E-state index is 0.0413. The minimum atomic E-state index is 0.0413. The van der Waals surface area contributed by atoms with Crippen molar-refractivity contribution in [3.63, 3.8) is 0 Å². The van der Waals surface area contributed by atoms with Crippen LogP contribution in [0.2, 0.25) is 0 Å². The van der Waals surface area contributed by atoms with E-state index in [9.17, 15) is 4.79 Å². The van der Waals surface area contributed by atoms with Crippen LogP contribution in [0.3, 0.4) is 0 Å². The number of hydrogen-bond donors (Lipinski definition) is 2. The number of fused-ring (bicyclic) bond motifs is 1. The molecule has 2 aliphatic rings. The van der Waals surface area contributed by atoms with Crippen LogP contribution < -0.4 is 10.6 Å². The van der Waals surface area contributed by atoms with Crippen LogP contribution in [0, 0.1) is 0 Å². The summed E-state index contributed by atoms with van der Waals surface area (Å²) in [6, 6.07) is 5.99. The molecule has 3 rings (SSSR count). The average Bonchev–Trinajstić information content (AvgIpc) is 3.13. The van der Waals surface area contributed by atoms with Gasteiger partial charge in [0.05, 0.1) is 0 Å². The number of hydrogen-bond acceptors (Lipinski definition) is 3. The molecule has 0 spiro atoms. The van der Waals surface area contributed by atoms with Gasteiger partial charge in [0.25, 0.3) is 5.91 Å². The van der Waals surface area contributed by atoms with Crippen molar-refractivity contribution in [1.82, 2.24) is 10.2 Å². The maximum atomic E-state index is 12.4. The van der Waals surface area contributed by atoms with E-state index in [-0.39, 0.29) is 11.4 Å². The lowest BCUT2D eigenvalue weighted by Gasteiger charge is -2.36. The molecule has 1 fully saturated rings. The second kappa shape index (κ2) is 5.68. The molecule has 1 aliphatic heterocycles. The summed E-state index contributed by atoms with van der Waals surface area (Å²) in [7, 11) is 4.24. The molecule has 4 heteroatoms. The third-order valence-corrected chi connectivity index (χ3v) is 5.14. The summed E-state index contributed by atoms with van der Waals surface area (Å²) in [4.78, 5) is 14.7. The van der Waals surface area contributed by atoms with Gasteiger partial charge in [-0.25, -0.2) is 0 Å². The summed E-state index contributed by atoms with van der Waals surface area (Å²) in [6.07, 6.45) is 5.92. The van der Waals surface area contributed by atoms with E-state index in [0.29, 0.717) is 0 Å². The Balaban J connectivity index is 1.66. The number of amides is 1. The molecule has 4 nitrogen and oxygen atoms in total. The molecular weight excluding hydrogens is 262 g/mol. The Labute approximate surface area is 126 Å². The lowest BCUT2D eigenvalue weighted by molar-refractivity contribution is 0.0900. The molecule has 1 saturated carbocycles. The SMILES string of the molecule is CN(C)C1(CNC(=O)c2ccc3c(c2)NCC3)CCCC1. The van der Waals surface area contributed by atoms with Gasteiger partial charge in [-0.1, -0.05) is 18.9 Å². The molecule has 21 heavy (non-hydrogen) atoms. The first-order chi connectivity index (χ1) is 10.1. The van der Waals surface area contributed by atoms with Gasteiger partial charge in [-0.15, -0.1) is 0 Å². The first-order valence-electron chi connectivity index (χ1n) is 7.93. The van der Waals surface area contributed by atoms with Gasteiger partial charge in [0.2, 0.25) is 0 Å². The Kier molecular flexibility index (Phi) is 3.89. The van der Waals surface area contributed by atoms with Crippen molar-refractivity contribution in [1.29, 1.82) is 0 Å². The van der Waals surface area contributed by atoms with Crippen molar-refractivity contribution in [2.75, 3.05) is 32.5 Å². The fourth-order valence-corrected chi connectivity index (χ4v) is 3.59. The summed E-state index contributed by atoms with van der Waals surface area (Å²) in [5.74, 6) is 0.0413. The summed E-state index contributed by atoms with van der Waals surface area (Å²) in [5, 5.41) is 6.48. The standard InChI is InChI=1S/C17H25N3O/c1-20(2)17(8-3-4-9-17)12-19-16(21)14-6-5-13-7-10-18-15(13)11-14/h5-6,11,18H,3-4,7-10,12H2,1-2H3,(H,19,21). The predicted octanol–water partition coefficient (Wildman–Crippen LogP) is 2.26. The number of carbonyl (C=O) groups excluding carboxylic acids is 1. The van der Waals surface area contributed by atoms with Crippen molar-refractivity contribution >= 4 is 11.6 Å². The zero-order valence-electron chi connectivity index (χ0n) is 13.0. The van der Waals surface area contributed by atoms with Gasteiger partial charge >= 0.3 is 0 Å². The van der Waals surface area contributed by atoms with Gasteiger partial charge in [-0.05, 0) is 51.1 Å². The topological polar surface area (TPSA) is 44.4 Å². The normalized spacial score (nSPS) is 19.4. The Morgan fingerprint density at radius 1 is 1.33 bits per heavy atom. The van der Waals surface area contributed by atoms with E-state index >= 15 is 0 Å². The van der Waals surface area contributed by atoms with E-state index in [0.717, 1.165) is 30.8 Å². The van der Waals surface area contributed by atoms with Crippen LogP contribution >= 0.6 is 0 Å². The Hall–Kier alpha value is -1.55. The molecule has 2 N–H and O–H groups in total. The highest BCUT2D eigenvalue weighted by molar-refractivity contribution is 5.95. The Bertz CT molecular complexity index is 533. The van der Waals surface area contributed by atoms with E-state index in [1.165, 1.54) is 31.2 Å². The molecule has 1 heterocycles. The van der Waals surface area contributed by atoms with Crippen LogP contribution in [0.4, 0.5) is 5.69 Å². The van der Waals surface area contributed by atoms with Gasteiger partial charge < -0.3 is 15.5 Å². The van der Waals surface area contributed by atoms with Crippen molar-refractivity contribution in [3.8, 4) is 0 Å². The third-order valence-electron chi connectivity index (χ3n) is 5.14. The maximum Gasteiger partial charge on any atom is 0.251 e. The fraction of sp³-hybridized carbons (Fsp3) is 0.588. The smallest absolute Gasteiger partial charge is 0.251 e. The predicted molar refractivity (Wildman–Crippen MR) is 85.9 cm³/mol. The van der Waals surface area contributed by atoms with E-state index in [4.69, 9.17) is 0 Å². The Morgan fingerprint density at radius 3 is 2.81 bits per heavy atom. The van der Waals surface area contributed by atoms with Crippen molar-refractivity contribution in [2.24, 2.45) is 0 Å².